The summed E-state index contributed by atoms with van der Waals surface area (Å²) in [6.07, 6.45) is 2.24. The van der Waals surface area contributed by atoms with Gasteiger partial charge in [-0.05, 0) is 12.1 Å². The van der Waals surface area contributed by atoms with E-state index in [1.807, 2.05) is 5.38 Å². The summed E-state index contributed by atoms with van der Waals surface area (Å²) >= 11 is 1.49. The Kier molecular flexibility index (Phi) is 3.85. The molecule has 9 heteroatoms. The van der Waals surface area contributed by atoms with Gasteiger partial charge in [0.05, 0.1) is 15.4 Å². The van der Waals surface area contributed by atoms with E-state index in [1.54, 1.807) is 6.20 Å². The standard InChI is InChI=1S/C13H13N3O4S2/c1-16(6-4-12-14-5-7-21-12)22(18,19)9-2-3-10-11(8-9)20-13(17)15-10/h2-3,5,7-8H,4,6H2,1H3,(H,15,17). The van der Waals surface area contributed by atoms with E-state index in [2.05, 4.69) is 9.97 Å². The van der Waals surface area contributed by atoms with Crippen LogP contribution in [0.4, 0.5) is 0 Å². The summed E-state index contributed by atoms with van der Waals surface area (Å²) in [5.41, 5.74) is 0.689. The van der Waals surface area contributed by atoms with E-state index in [-0.39, 0.29) is 10.5 Å². The molecule has 0 aliphatic carbocycles. The molecule has 3 aromatic rings. The van der Waals surface area contributed by atoms with Crippen molar-refractivity contribution in [1.29, 1.82) is 0 Å². The molecule has 0 atom stereocenters. The third-order valence-electron chi connectivity index (χ3n) is 3.22. The van der Waals surface area contributed by atoms with Gasteiger partial charge in [0.2, 0.25) is 10.0 Å². The van der Waals surface area contributed by atoms with Crippen molar-refractivity contribution in [2.75, 3.05) is 13.6 Å². The Morgan fingerprint density at radius 2 is 2.23 bits per heavy atom. The van der Waals surface area contributed by atoms with E-state index in [0.717, 1.165) is 5.01 Å². The van der Waals surface area contributed by atoms with Gasteiger partial charge in [-0.15, -0.1) is 11.3 Å². The molecule has 1 aromatic carbocycles. The Balaban J connectivity index is 1.84. The topological polar surface area (TPSA) is 96.3 Å². The molecule has 3 rings (SSSR count). The number of H-pyrrole nitrogens is 1. The number of hydrogen-bond donors (Lipinski definition) is 1. The molecule has 22 heavy (non-hydrogen) atoms. The normalized spacial score (nSPS) is 12.3. The average Bonchev–Trinajstić information content (AvgIpc) is 3.11. The summed E-state index contributed by atoms with van der Waals surface area (Å²) in [6, 6.07) is 4.31. The van der Waals surface area contributed by atoms with Gasteiger partial charge in [0.15, 0.2) is 5.58 Å². The van der Waals surface area contributed by atoms with Crippen LogP contribution in [0.5, 0.6) is 0 Å². The first-order valence-corrected chi connectivity index (χ1v) is 8.76. The fourth-order valence-corrected chi connectivity index (χ4v) is 3.81. The molecule has 0 bridgehead atoms. The van der Waals surface area contributed by atoms with Gasteiger partial charge in [-0.25, -0.2) is 22.5 Å². The number of nitrogens with one attached hydrogen (secondary N) is 1. The van der Waals surface area contributed by atoms with Crippen LogP contribution in [0.1, 0.15) is 5.01 Å². The van der Waals surface area contributed by atoms with Crippen LogP contribution in [0, 0.1) is 0 Å². The number of aromatic amines is 1. The molecule has 0 fully saturated rings. The van der Waals surface area contributed by atoms with Crippen LogP contribution in [0.25, 0.3) is 11.1 Å². The highest BCUT2D eigenvalue weighted by Gasteiger charge is 2.21. The summed E-state index contributed by atoms with van der Waals surface area (Å²) in [5, 5.41) is 2.74. The van der Waals surface area contributed by atoms with E-state index < -0.39 is 15.8 Å². The first-order valence-electron chi connectivity index (χ1n) is 6.44. The fraction of sp³-hybridized carbons (Fsp3) is 0.231. The van der Waals surface area contributed by atoms with Gasteiger partial charge >= 0.3 is 5.76 Å². The van der Waals surface area contributed by atoms with Crippen molar-refractivity contribution >= 4 is 32.5 Å². The lowest BCUT2D eigenvalue weighted by Gasteiger charge is -2.16. The second kappa shape index (κ2) is 5.67. The number of nitrogens with zero attached hydrogens (tertiary/aromatic N) is 2. The van der Waals surface area contributed by atoms with E-state index >= 15 is 0 Å². The Morgan fingerprint density at radius 1 is 1.41 bits per heavy atom. The number of benzene rings is 1. The van der Waals surface area contributed by atoms with Crippen LogP contribution >= 0.6 is 11.3 Å². The zero-order valence-corrected chi connectivity index (χ0v) is 13.3. The number of likely N-dealkylation sites (N-methyl/N-ethyl adjacent to an activating group) is 1. The Morgan fingerprint density at radius 3 is 2.95 bits per heavy atom. The second-order valence-electron chi connectivity index (χ2n) is 4.67. The van der Waals surface area contributed by atoms with E-state index in [4.69, 9.17) is 4.42 Å². The molecule has 0 saturated carbocycles. The van der Waals surface area contributed by atoms with Crippen molar-refractivity contribution in [2.24, 2.45) is 0 Å². The van der Waals surface area contributed by atoms with Gasteiger partial charge in [0.25, 0.3) is 0 Å². The molecule has 2 heterocycles. The third-order valence-corrected chi connectivity index (χ3v) is 5.92. The Labute approximate surface area is 130 Å². The summed E-state index contributed by atoms with van der Waals surface area (Å²) in [6.45, 7) is 0.324. The summed E-state index contributed by atoms with van der Waals surface area (Å²) in [7, 11) is -2.13. The molecular formula is C13H13N3O4S2. The Bertz CT molecular complexity index is 941. The lowest BCUT2D eigenvalue weighted by molar-refractivity contribution is 0.472. The van der Waals surface area contributed by atoms with Crippen LogP contribution in [-0.4, -0.2) is 36.3 Å². The minimum atomic E-state index is -3.64. The predicted molar refractivity (Wildman–Crippen MR) is 82.5 cm³/mol. The van der Waals surface area contributed by atoms with Crippen molar-refractivity contribution in [3.8, 4) is 0 Å². The SMILES string of the molecule is CN(CCc1nccs1)S(=O)(=O)c1ccc2[nH]c(=O)oc2c1. The average molecular weight is 339 g/mol. The maximum atomic E-state index is 12.5. The van der Waals surface area contributed by atoms with Crippen LogP contribution in [-0.2, 0) is 16.4 Å². The van der Waals surface area contributed by atoms with Gasteiger partial charge in [0.1, 0.15) is 0 Å². The van der Waals surface area contributed by atoms with Crippen molar-refractivity contribution in [1.82, 2.24) is 14.3 Å². The van der Waals surface area contributed by atoms with Gasteiger partial charge in [0, 0.05) is 37.7 Å². The maximum Gasteiger partial charge on any atom is 0.417 e. The molecular weight excluding hydrogens is 326 g/mol. The summed E-state index contributed by atoms with van der Waals surface area (Å²) < 4.78 is 31.2. The van der Waals surface area contributed by atoms with E-state index in [9.17, 15) is 13.2 Å². The highest BCUT2D eigenvalue weighted by Crippen LogP contribution is 2.20. The molecule has 116 valence electrons. The molecule has 2 aromatic heterocycles. The largest absolute Gasteiger partial charge is 0.417 e. The van der Waals surface area contributed by atoms with E-state index in [1.165, 1.54) is 40.9 Å². The molecule has 0 saturated heterocycles. The minimum absolute atomic E-state index is 0.0874. The fourth-order valence-electron chi connectivity index (χ4n) is 2.02. The molecule has 0 radical (unpaired) electrons. The zero-order chi connectivity index (χ0) is 15.7. The van der Waals surface area contributed by atoms with Gasteiger partial charge in [-0.1, -0.05) is 0 Å². The zero-order valence-electron chi connectivity index (χ0n) is 11.6. The van der Waals surface area contributed by atoms with Crippen molar-refractivity contribution < 1.29 is 12.8 Å². The monoisotopic (exact) mass is 339 g/mol. The molecule has 0 unspecified atom stereocenters. The molecule has 7 nitrogen and oxygen atoms in total. The highest BCUT2D eigenvalue weighted by molar-refractivity contribution is 7.89. The molecule has 0 aliphatic rings. The quantitative estimate of drug-likeness (QED) is 0.759. The summed E-state index contributed by atoms with van der Waals surface area (Å²) in [4.78, 5) is 17.8. The first-order chi connectivity index (χ1) is 10.5. The van der Waals surface area contributed by atoms with Crippen LogP contribution < -0.4 is 5.76 Å². The van der Waals surface area contributed by atoms with Crippen LogP contribution in [0.15, 0.2) is 43.9 Å². The minimum Gasteiger partial charge on any atom is -0.408 e. The molecule has 0 spiro atoms. The third kappa shape index (κ3) is 2.82. The molecule has 1 N–H and O–H groups in total. The maximum absolute atomic E-state index is 12.5. The van der Waals surface area contributed by atoms with Gasteiger partial charge in [-0.2, -0.15) is 0 Å². The van der Waals surface area contributed by atoms with E-state index in [0.29, 0.717) is 18.5 Å². The lowest BCUT2D eigenvalue weighted by atomic mass is 10.3. The van der Waals surface area contributed by atoms with Gasteiger partial charge in [-0.3, -0.25) is 4.98 Å². The van der Waals surface area contributed by atoms with Crippen molar-refractivity contribution in [2.45, 2.75) is 11.3 Å². The number of thiazole rings is 1. The van der Waals surface area contributed by atoms with Gasteiger partial charge < -0.3 is 4.42 Å². The van der Waals surface area contributed by atoms with Crippen molar-refractivity contribution in [3.05, 3.63) is 45.3 Å². The van der Waals surface area contributed by atoms with Crippen LogP contribution in [0.2, 0.25) is 0 Å². The predicted octanol–water partition coefficient (Wildman–Crippen LogP) is 1.44. The smallest absolute Gasteiger partial charge is 0.408 e. The number of oxazole rings is 1. The number of fused-ring (bicyclic) bond motifs is 1. The van der Waals surface area contributed by atoms with Crippen LogP contribution in [0.3, 0.4) is 0 Å². The first kappa shape index (κ1) is 14.9. The Hall–Kier alpha value is -1.97. The molecule has 0 amide bonds. The number of hydrogen-bond acceptors (Lipinski definition) is 6. The number of rotatable bonds is 5. The summed E-state index contributed by atoms with van der Waals surface area (Å²) in [5.74, 6) is -0.610. The number of aromatic nitrogens is 2. The molecule has 0 aliphatic heterocycles. The van der Waals surface area contributed by atoms with Crippen molar-refractivity contribution in [3.63, 3.8) is 0 Å². The number of sulfonamides is 1. The highest BCUT2D eigenvalue weighted by atomic mass is 32.2. The second-order valence-corrected chi connectivity index (χ2v) is 7.70. The lowest BCUT2D eigenvalue weighted by Crippen LogP contribution is -2.29.